The average molecular weight is 452 g/mol. The molecule has 11 nitrogen and oxygen atoms in total. The Morgan fingerprint density at radius 2 is 2.06 bits per heavy atom. The van der Waals surface area contributed by atoms with E-state index in [1.165, 1.54) is 31.6 Å². The zero-order valence-electron chi connectivity index (χ0n) is 15.9. The van der Waals surface area contributed by atoms with Crippen molar-refractivity contribution in [3.63, 3.8) is 0 Å². The number of rotatable bonds is 8. The Morgan fingerprint density at radius 1 is 1.29 bits per heavy atom. The third kappa shape index (κ3) is 4.98. The molecule has 3 aromatic rings. The van der Waals surface area contributed by atoms with E-state index in [0.717, 1.165) is 6.07 Å². The number of methoxy groups -OCH3 is 1. The van der Waals surface area contributed by atoms with Crippen LogP contribution in [0.3, 0.4) is 0 Å². The van der Waals surface area contributed by atoms with E-state index in [-0.39, 0.29) is 52.1 Å². The fourth-order valence-corrected chi connectivity index (χ4v) is 2.89. The van der Waals surface area contributed by atoms with Crippen LogP contribution >= 0.6 is 11.6 Å². The zero-order valence-corrected chi connectivity index (χ0v) is 16.6. The first-order valence-corrected chi connectivity index (χ1v) is 9.00. The average Bonchev–Trinajstić information content (AvgIpc) is 2.72. The van der Waals surface area contributed by atoms with Crippen molar-refractivity contribution >= 4 is 45.8 Å². The summed E-state index contributed by atoms with van der Waals surface area (Å²) in [5.74, 6) is -0.456. The van der Waals surface area contributed by atoms with E-state index in [4.69, 9.17) is 26.2 Å². The van der Waals surface area contributed by atoms with Crippen LogP contribution in [0.2, 0.25) is 5.02 Å². The Kier molecular flexibility index (Phi) is 6.50. The number of carboxylic acid groups (broad SMARTS) is 1. The van der Waals surface area contributed by atoms with Gasteiger partial charge in [0.05, 0.1) is 40.2 Å². The fourth-order valence-electron chi connectivity index (χ4n) is 2.66. The van der Waals surface area contributed by atoms with Crippen molar-refractivity contribution in [3.8, 4) is 11.5 Å². The van der Waals surface area contributed by atoms with Crippen LogP contribution in [0.1, 0.15) is 0 Å². The first-order valence-electron chi connectivity index (χ1n) is 8.63. The number of aromatic nitrogens is 2. The van der Waals surface area contributed by atoms with Crippen LogP contribution in [-0.4, -0.2) is 46.4 Å². The molecule has 31 heavy (non-hydrogen) atoms. The summed E-state index contributed by atoms with van der Waals surface area (Å²) in [5.41, 5.74) is -0.121. The van der Waals surface area contributed by atoms with E-state index < -0.39 is 22.5 Å². The van der Waals surface area contributed by atoms with Gasteiger partial charge in [0, 0.05) is 18.2 Å². The minimum Gasteiger partial charge on any atom is -0.495 e. The SMILES string of the molecule is COc1cc(Nc2ncnc3cc(OCCNC(=O)O)c([N+](=O)[O-])cc23)c(F)cc1Cl. The van der Waals surface area contributed by atoms with Crippen molar-refractivity contribution in [1.82, 2.24) is 15.3 Å². The van der Waals surface area contributed by atoms with Crippen molar-refractivity contribution in [2.45, 2.75) is 0 Å². The maximum absolute atomic E-state index is 14.3. The Morgan fingerprint density at radius 3 is 2.74 bits per heavy atom. The maximum atomic E-state index is 14.3. The molecule has 0 saturated carbocycles. The molecule has 3 N–H and O–H groups in total. The number of nitro groups is 1. The molecule has 0 aliphatic rings. The van der Waals surface area contributed by atoms with E-state index >= 15 is 0 Å². The molecule has 0 aliphatic carbocycles. The summed E-state index contributed by atoms with van der Waals surface area (Å²) in [6.07, 6.45) is -0.0525. The minimum absolute atomic E-state index is 0.0102. The number of ether oxygens (including phenoxy) is 2. The van der Waals surface area contributed by atoms with E-state index in [1.54, 1.807) is 0 Å². The molecule has 0 spiro atoms. The van der Waals surface area contributed by atoms with E-state index in [9.17, 15) is 19.3 Å². The van der Waals surface area contributed by atoms with Crippen LogP contribution in [-0.2, 0) is 0 Å². The van der Waals surface area contributed by atoms with Gasteiger partial charge in [-0.05, 0) is 6.07 Å². The topological polar surface area (TPSA) is 149 Å². The molecule has 2 aromatic carbocycles. The Hall–Kier alpha value is -3.93. The summed E-state index contributed by atoms with van der Waals surface area (Å²) in [4.78, 5) is 29.5. The molecule has 1 aromatic heterocycles. The number of carbonyl (C=O) groups is 1. The quantitative estimate of drug-likeness (QED) is 0.264. The Balaban J connectivity index is 1.98. The third-order valence-electron chi connectivity index (χ3n) is 4.04. The summed E-state index contributed by atoms with van der Waals surface area (Å²) < 4.78 is 24.7. The zero-order chi connectivity index (χ0) is 22.5. The molecular formula is C18H15ClFN5O6. The van der Waals surface area contributed by atoms with E-state index in [2.05, 4.69) is 20.6 Å². The number of nitro benzene ring substituents is 1. The summed E-state index contributed by atoms with van der Waals surface area (Å²) in [5, 5.41) is 25.3. The molecule has 1 heterocycles. The van der Waals surface area contributed by atoms with Gasteiger partial charge < -0.3 is 25.2 Å². The monoisotopic (exact) mass is 451 g/mol. The molecule has 162 valence electrons. The van der Waals surface area contributed by atoms with Gasteiger partial charge in [-0.25, -0.2) is 19.2 Å². The number of fused-ring (bicyclic) bond motifs is 1. The lowest BCUT2D eigenvalue weighted by Gasteiger charge is -2.13. The van der Waals surface area contributed by atoms with Gasteiger partial charge in [0.2, 0.25) is 0 Å². The third-order valence-corrected chi connectivity index (χ3v) is 4.34. The minimum atomic E-state index is -1.24. The predicted molar refractivity (Wildman–Crippen MR) is 109 cm³/mol. The number of amides is 1. The number of nitrogens with one attached hydrogen (secondary N) is 2. The second kappa shape index (κ2) is 9.26. The Labute approximate surface area is 178 Å². The summed E-state index contributed by atoms with van der Waals surface area (Å²) in [7, 11) is 1.37. The molecule has 1 amide bonds. The molecule has 0 fully saturated rings. The van der Waals surface area contributed by atoms with Gasteiger partial charge in [-0.1, -0.05) is 11.6 Å². The van der Waals surface area contributed by atoms with Crippen molar-refractivity contribution in [1.29, 1.82) is 0 Å². The highest BCUT2D eigenvalue weighted by Crippen LogP contribution is 2.36. The number of anilines is 2. The van der Waals surface area contributed by atoms with Crippen molar-refractivity contribution in [3.05, 3.63) is 51.5 Å². The van der Waals surface area contributed by atoms with Crippen LogP contribution in [0.15, 0.2) is 30.6 Å². The lowest BCUT2D eigenvalue weighted by molar-refractivity contribution is -0.385. The molecule has 0 aliphatic heterocycles. The van der Waals surface area contributed by atoms with Crippen molar-refractivity contribution < 1.29 is 28.7 Å². The second-order valence-corrected chi connectivity index (χ2v) is 6.40. The van der Waals surface area contributed by atoms with Crippen LogP contribution in [0.5, 0.6) is 11.5 Å². The number of halogens is 2. The molecule has 13 heteroatoms. The van der Waals surface area contributed by atoms with Crippen LogP contribution < -0.4 is 20.1 Å². The van der Waals surface area contributed by atoms with Gasteiger partial charge in [-0.15, -0.1) is 0 Å². The molecule has 3 rings (SSSR count). The number of benzene rings is 2. The van der Waals surface area contributed by atoms with Crippen molar-refractivity contribution in [2.75, 3.05) is 25.6 Å². The van der Waals surface area contributed by atoms with Gasteiger partial charge in [0.25, 0.3) is 0 Å². The molecular weight excluding hydrogens is 437 g/mol. The molecule has 0 saturated heterocycles. The van der Waals surface area contributed by atoms with Gasteiger partial charge in [0.1, 0.15) is 30.3 Å². The highest BCUT2D eigenvalue weighted by Gasteiger charge is 2.20. The first-order chi connectivity index (χ1) is 14.8. The lowest BCUT2D eigenvalue weighted by atomic mass is 10.2. The van der Waals surface area contributed by atoms with Gasteiger partial charge in [-0.3, -0.25) is 10.1 Å². The largest absolute Gasteiger partial charge is 0.495 e. The van der Waals surface area contributed by atoms with E-state index in [0.29, 0.717) is 0 Å². The van der Waals surface area contributed by atoms with Crippen molar-refractivity contribution in [2.24, 2.45) is 0 Å². The molecule has 0 unspecified atom stereocenters. The molecule has 0 atom stereocenters. The fraction of sp³-hybridized carbons (Fsp3) is 0.167. The first kappa shape index (κ1) is 21.8. The summed E-state index contributed by atoms with van der Waals surface area (Å²) >= 11 is 5.90. The number of nitrogens with zero attached hydrogens (tertiary/aromatic N) is 3. The standard InChI is InChI=1S/C18H15ClFN5O6/c1-30-15-7-13(11(20)5-10(15)19)24-17-9-4-14(25(28)29)16(6-12(9)22-8-23-17)31-3-2-21-18(26)27/h4-8,21H,2-3H2,1H3,(H,26,27)(H,22,23,24). The Bertz CT molecular complexity index is 1160. The maximum Gasteiger partial charge on any atom is 0.404 e. The summed E-state index contributed by atoms with van der Waals surface area (Å²) in [6, 6.07) is 4.89. The molecule has 0 radical (unpaired) electrons. The lowest BCUT2D eigenvalue weighted by Crippen LogP contribution is -2.26. The highest BCUT2D eigenvalue weighted by atomic mass is 35.5. The van der Waals surface area contributed by atoms with Crippen LogP contribution in [0, 0.1) is 15.9 Å². The number of hydrogen-bond acceptors (Lipinski definition) is 8. The number of hydrogen-bond donors (Lipinski definition) is 3. The summed E-state index contributed by atoms with van der Waals surface area (Å²) in [6.45, 7) is -0.205. The van der Waals surface area contributed by atoms with Crippen LogP contribution in [0.4, 0.5) is 26.4 Å². The van der Waals surface area contributed by atoms with Crippen LogP contribution in [0.25, 0.3) is 10.9 Å². The second-order valence-electron chi connectivity index (χ2n) is 5.99. The van der Waals surface area contributed by atoms with Gasteiger partial charge >= 0.3 is 11.8 Å². The normalized spacial score (nSPS) is 10.5. The van der Waals surface area contributed by atoms with Gasteiger partial charge in [-0.2, -0.15) is 0 Å². The highest BCUT2D eigenvalue weighted by molar-refractivity contribution is 6.32. The van der Waals surface area contributed by atoms with E-state index in [1.807, 2.05) is 0 Å². The predicted octanol–water partition coefficient (Wildman–Crippen LogP) is 3.73. The van der Waals surface area contributed by atoms with Gasteiger partial charge in [0.15, 0.2) is 5.75 Å². The molecule has 0 bridgehead atoms. The smallest absolute Gasteiger partial charge is 0.404 e.